The lowest BCUT2D eigenvalue weighted by Gasteiger charge is -2.47. The molecular formula is C34H36N2O12. The van der Waals surface area contributed by atoms with Crippen LogP contribution in [-0.4, -0.2) is 83.3 Å². The molecule has 0 saturated carbocycles. The summed E-state index contributed by atoms with van der Waals surface area (Å²) in [7, 11) is 0. The Morgan fingerprint density at radius 1 is 0.958 bits per heavy atom. The molecule has 0 bridgehead atoms. The SMILES string of the molecule is C=CC1C(OC2OC(COC(C)=O)C(OC(C)=O)C(OC(C)=O)C2OC(C)=O)OC=C2C(=O)N3Cc4cc5ccccc5nc4C3CC21. The number of carbonyl (C=O) groups is 5. The molecule has 6 rings (SSSR count). The minimum absolute atomic E-state index is 0.184. The number of carbonyl (C=O) groups excluding carboxylic acids is 5. The van der Waals surface area contributed by atoms with E-state index < -0.39 is 73.4 Å². The summed E-state index contributed by atoms with van der Waals surface area (Å²) in [5.41, 5.74) is 3.11. The highest BCUT2D eigenvalue weighted by molar-refractivity contribution is 5.96. The second kappa shape index (κ2) is 13.4. The fourth-order valence-corrected chi connectivity index (χ4v) is 6.93. The van der Waals surface area contributed by atoms with E-state index in [0.717, 1.165) is 42.9 Å². The van der Waals surface area contributed by atoms with Gasteiger partial charge in [-0.3, -0.25) is 29.0 Å². The largest absolute Gasteiger partial charge is 0.471 e. The fourth-order valence-electron chi connectivity index (χ4n) is 6.93. The van der Waals surface area contributed by atoms with Crippen LogP contribution in [0.1, 0.15) is 51.4 Å². The zero-order chi connectivity index (χ0) is 34.3. The van der Waals surface area contributed by atoms with Crippen molar-refractivity contribution in [2.75, 3.05) is 6.61 Å². The van der Waals surface area contributed by atoms with E-state index in [9.17, 15) is 24.0 Å². The van der Waals surface area contributed by atoms with Gasteiger partial charge < -0.3 is 38.1 Å². The van der Waals surface area contributed by atoms with Crippen molar-refractivity contribution < 1.29 is 57.1 Å². The number of hydrogen-bond acceptors (Lipinski definition) is 13. The van der Waals surface area contributed by atoms with Crippen molar-refractivity contribution in [1.82, 2.24) is 9.88 Å². The predicted octanol–water partition coefficient (Wildman–Crippen LogP) is 2.78. The Bertz CT molecular complexity index is 1690. The topological polar surface area (TPSA) is 166 Å². The molecule has 1 amide bonds. The van der Waals surface area contributed by atoms with Gasteiger partial charge >= 0.3 is 23.9 Å². The molecule has 14 heteroatoms. The number of piperidine rings is 1. The summed E-state index contributed by atoms with van der Waals surface area (Å²) in [6.07, 6.45) is -4.46. The van der Waals surface area contributed by atoms with Crippen LogP contribution in [0.25, 0.3) is 10.9 Å². The van der Waals surface area contributed by atoms with Gasteiger partial charge in [-0.25, -0.2) is 0 Å². The molecule has 9 atom stereocenters. The molecule has 0 N–H and O–H groups in total. The van der Waals surface area contributed by atoms with E-state index in [2.05, 4.69) is 12.6 Å². The Balaban J connectivity index is 1.30. The molecule has 1 aromatic carbocycles. The van der Waals surface area contributed by atoms with Crippen LogP contribution in [0, 0.1) is 11.8 Å². The predicted molar refractivity (Wildman–Crippen MR) is 163 cm³/mol. The molecule has 14 nitrogen and oxygen atoms in total. The van der Waals surface area contributed by atoms with Gasteiger partial charge in [0.25, 0.3) is 5.91 Å². The summed E-state index contributed by atoms with van der Waals surface area (Å²) in [6, 6.07) is 9.57. The van der Waals surface area contributed by atoms with Crippen molar-refractivity contribution in [1.29, 1.82) is 0 Å². The summed E-state index contributed by atoms with van der Waals surface area (Å²) >= 11 is 0. The van der Waals surface area contributed by atoms with Crippen LogP contribution < -0.4 is 0 Å². The zero-order valence-corrected chi connectivity index (χ0v) is 26.9. The normalized spacial score (nSPS) is 30.5. The van der Waals surface area contributed by atoms with Crippen LogP contribution in [0.15, 0.2) is 54.8 Å². The molecule has 48 heavy (non-hydrogen) atoms. The number of pyridine rings is 1. The molecule has 254 valence electrons. The molecule has 1 aromatic heterocycles. The number of para-hydroxylation sites is 1. The van der Waals surface area contributed by atoms with Crippen molar-refractivity contribution in [2.45, 2.75) is 83.7 Å². The average molecular weight is 665 g/mol. The number of amides is 1. The number of benzene rings is 1. The third kappa shape index (κ3) is 6.37. The Hall–Kier alpha value is -4.82. The van der Waals surface area contributed by atoms with Crippen molar-refractivity contribution in [3.8, 4) is 0 Å². The summed E-state index contributed by atoms with van der Waals surface area (Å²) in [4.78, 5) is 68.8. The van der Waals surface area contributed by atoms with Gasteiger partial charge in [0.05, 0.1) is 29.1 Å². The number of rotatable bonds is 8. The van der Waals surface area contributed by atoms with E-state index in [1.807, 2.05) is 24.3 Å². The molecular weight excluding hydrogens is 628 g/mol. The maximum Gasteiger partial charge on any atom is 0.303 e. The maximum atomic E-state index is 13.8. The first kappa shape index (κ1) is 33.1. The van der Waals surface area contributed by atoms with E-state index in [4.69, 9.17) is 38.1 Å². The standard InChI is InChI=1S/C34H36N2O12/c1-6-22-23-12-26-28-21(11-20-9-7-8-10-25(20)35-28)13-36(26)32(41)24(23)14-43-33(22)48-34-31(46-19(5)40)30(45-18(4)39)29(44-17(3)38)27(47-34)15-42-16(2)37/h6-11,14,22-23,26-27,29-31,33-34H,1,12-13,15H2,2-5H3. The second-order valence-electron chi connectivity index (χ2n) is 12.1. The van der Waals surface area contributed by atoms with Gasteiger partial charge in [-0.15, -0.1) is 6.58 Å². The number of esters is 4. The molecule has 2 aromatic rings. The van der Waals surface area contributed by atoms with E-state index in [1.54, 1.807) is 11.0 Å². The molecule has 2 saturated heterocycles. The number of nitrogens with zero attached hydrogens (tertiary/aromatic N) is 2. The maximum absolute atomic E-state index is 13.8. The van der Waals surface area contributed by atoms with Crippen LogP contribution in [0.2, 0.25) is 0 Å². The Morgan fingerprint density at radius 2 is 1.65 bits per heavy atom. The first-order chi connectivity index (χ1) is 22.9. The molecule has 2 fully saturated rings. The van der Waals surface area contributed by atoms with Gasteiger partial charge in [0.1, 0.15) is 12.7 Å². The molecule has 9 unspecified atom stereocenters. The smallest absolute Gasteiger partial charge is 0.303 e. The van der Waals surface area contributed by atoms with Crippen LogP contribution in [0.3, 0.4) is 0 Å². The lowest BCUT2D eigenvalue weighted by atomic mass is 9.76. The molecule has 4 aliphatic heterocycles. The van der Waals surface area contributed by atoms with Gasteiger partial charge in [-0.1, -0.05) is 24.3 Å². The fraction of sp³-hybridized carbons (Fsp3) is 0.471. The van der Waals surface area contributed by atoms with Gasteiger partial charge in [0.15, 0.2) is 18.3 Å². The summed E-state index contributed by atoms with van der Waals surface area (Å²) in [6.45, 7) is 8.62. The highest BCUT2D eigenvalue weighted by Crippen LogP contribution is 2.49. The third-order valence-electron chi connectivity index (χ3n) is 8.85. The Labute approximate surface area is 275 Å². The van der Waals surface area contributed by atoms with E-state index >= 15 is 0 Å². The Kier molecular flexibility index (Phi) is 9.21. The van der Waals surface area contributed by atoms with Crippen molar-refractivity contribution in [3.05, 3.63) is 66.1 Å². The number of fused-ring (bicyclic) bond motifs is 5. The van der Waals surface area contributed by atoms with Crippen LogP contribution in [0.4, 0.5) is 0 Å². The molecule has 0 aliphatic carbocycles. The first-order valence-corrected chi connectivity index (χ1v) is 15.6. The van der Waals surface area contributed by atoms with Crippen molar-refractivity contribution in [2.24, 2.45) is 11.8 Å². The first-order valence-electron chi connectivity index (χ1n) is 15.6. The highest BCUT2D eigenvalue weighted by Gasteiger charge is 2.55. The quantitative estimate of drug-likeness (QED) is 0.230. The lowest BCUT2D eigenvalue weighted by Crippen LogP contribution is -2.63. The third-order valence-corrected chi connectivity index (χ3v) is 8.85. The van der Waals surface area contributed by atoms with Crippen LogP contribution in [0.5, 0.6) is 0 Å². The lowest BCUT2D eigenvalue weighted by molar-refractivity contribution is -0.342. The second-order valence-corrected chi connectivity index (χ2v) is 12.1. The monoisotopic (exact) mass is 664 g/mol. The Morgan fingerprint density at radius 3 is 2.33 bits per heavy atom. The summed E-state index contributed by atoms with van der Waals surface area (Å²) in [5.74, 6) is -4.09. The minimum atomic E-state index is -1.47. The van der Waals surface area contributed by atoms with Crippen LogP contribution >= 0.6 is 0 Å². The van der Waals surface area contributed by atoms with E-state index in [1.165, 1.54) is 13.2 Å². The average Bonchev–Trinajstić information content (AvgIpc) is 3.38. The number of hydrogen-bond donors (Lipinski definition) is 0. The molecule has 0 radical (unpaired) electrons. The zero-order valence-electron chi connectivity index (χ0n) is 26.9. The highest BCUT2D eigenvalue weighted by atomic mass is 16.8. The molecule has 0 spiro atoms. The van der Waals surface area contributed by atoms with Crippen molar-refractivity contribution >= 4 is 40.7 Å². The van der Waals surface area contributed by atoms with Gasteiger partial charge in [0.2, 0.25) is 12.6 Å². The molecule has 5 heterocycles. The van der Waals surface area contributed by atoms with E-state index in [-0.39, 0.29) is 17.9 Å². The number of ether oxygens (including phenoxy) is 7. The van der Waals surface area contributed by atoms with Gasteiger partial charge in [-0.05, 0) is 24.1 Å². The van der Waals surface area contributed by atoms with Gasteiger partial charge in [-0.2, -0.15) is 0 Å². The number of aromatic nitrogens is 1. The summed E-state index contributed by atoms with van der Waals surface area (Å²) < 4.78 is 40.1. The minimum Gasteiger partial charge on any atom is -0.471 e. The molecule has 4 aliphatic rings. The van der Waals surface area contributed by atoms with E-state index in [0.29, 0.717) is 18.5 Å². The summed E-state index contributed by atoms with van der Waals surface area (Å²) in [5, 5.41) is 0.991. The van der Waals surface area contributed by atoms with Crippen molar-refractivity contribution in [3.63, 3.8) is 0 Å². The van der Waals surface area contributed by atoms with Gasteiger partial charge in [0, 0.05) is 51.5 Å². The van der Waals surface area contributed by atoms with Crippen LogP contribution in [-0.2, 0) is 63.7 Å².